The van der Waals surface area contributed by atoms with Crippen LogP contribution in [-0.4, -0.2) is 22.4 Å². The Morgan fingerprint density at radius 3 is 2.57 bits per heavy atom. The molecule has 0 aliphatic heterocycles. The zero-order valence-electron chi connectivity index (χ0n) is 16.2. The molecule has 0 radical (unpaired) electrons. The number of pyridine rings is 2. The lowest BCUT2D eigenvalue weighted by Gasteiger charge is -2.15. The van der Waals surface area contributed by atoms with E-state index in [9.17, 15) is 13.2 Å². The Hall–Kier alpha value is -2.97. The molecule has 0 atom stereocenters. The van der Waals surface area contributed by atoms with E-state index in [1.165, 1.54) is 39.3 Å². The van der Waals surface area contributed by atoms with Crippen molar-refractivity contribution in [3.8, 4) is 0 Å². The number of fused-ring (bicyclic) bond motifs is 2. The number of nitrogens with zero attached hydrogens (tertiary/aromatic N) is 3. The van der Waals surface area contributed by atoms with Gasteiger partial charge in [0.25, 0.3) is 5.56 Å². The van der Waals surface area contributed by atoms with E-state index in [1.54, 1.807) is 24.4 Å². The van der Waals surface area contributed by atoms with Crippen molar-refractivity contribution in [2.45, 2.75) is 36.1 Å². The third-order valence-electron chi connectivity index (χ3n) is 4.93. The number of hydrogen-bond acceptors (Lipinski definition) is 5. The van der Waals surface area contributed by atoms with E-state index in [1.807, 2.05) is 6.92 Å². The van der Waals surface area contributed by atoms with Crippen molar-refractivity contribution in [2.24, 2.45) is 0 Å². The zero-order chi connectivity index (χ0) is 21.5. The predicted octanol–water partition coefficient (Wildman–Crippen LogP) is 3.41. The molecule has 30 heavy (non-hydrogen) atoms. The molecule has 7 nitrogen and oxygen atoms in total. The van der Waals surface area contributed by atoms with Crippen molar-refractivity contribution >= 4 is 38.1 Å². The third-order valence-corrected chi connectivity index (χ3v) is 6.97. The molecule has 3 heterocycles. The maximum absolute atomic E-state index is 13.3. The highest BCUT2D eigenvalue weighted by Crippen LogP contribution is 2.22. The van der Waals surface area contributed by atoms with Crippen LogP contribution in [0.1, 0.15) is 19.8 Å². The van der Waals surface area contributed by atoms with Crippen LogP contribution in [0.2, 0.25) is 5.02 Å². The van der Waals surface area contributed by atoms with Crippen molar-refractivity contribution in [3.63, 3.8) is 0 Å². The summed E-state index contributed by atoms with van der Waals surface area (Å²) in [4.78, 5) is 17.5. The molecule has 0 unspecified atom stereocenters. The summed E-state index contributed by atoms with van der Waals surface area (Å²) < 4.78 is 29.5. The van der Waals surface area contributed by atoms with Gasteiger partial charge < -0.3 is 4.57 Å². The van der Waals surface area contributed by atoms with Crippen molar-refractivity contribution in [1.82, 2.24) is 14.0 Å². The summed E-state index contributed by atoms with van der Waals surface area (Å²) in [6, 6.07) is 12.2. The minimum Gasteiger partial charge on any atom is -0.310 e. The highest BCUT2D eigenvalue weighted by Gasteiger charge is 2.24. The Balaban J connectivity index is 2.10. The number of hydrogen-bond donors (Lipinski definition) is 1. The van der Waals surface area contributed by atoms with Crippen LogP contribution in [-0.2, 0) is 16.4 Å². The molecular weight excluding hydrogens is 424 g/mol. The molecule has 1 aromatic carbocycles. The number of sulfone groups is 1. The van der Waals surface area contributed by atoms with Gasteiger partial charge in [0.05, 0.1) is 10.3 Å². The topological polar surface area (TPSA) is 97.3 Å². The Kier molecular flexibility index (Phi) is 5.21. The molecule has 1 N–H and O–H groups in total. The average Bonchev–Trinajstić information content (AvgIpc) is 2.73. The Morgan fingerprint density at radius 1 is 1.13 bits per heavy atom. The molecule has 0 aliphatic carbocycles. The number of aromatic nitrogens is 3. The maximum Gasteiger partial charge on any atom is 0.267 e. The minimum absolute atomic E-state index is 0.00985. The molecule has 0 saturated carbocycles. The number of unbranched alkanes of at least 4 members (excludes halogenated alkanes) is 1. The fourth-order valence-electron chi connectivity index (χ4n) is 3.34. The average molecular weight is 443 g/mol. The van der Waals surface area contributed by atoms with Crippen LogP contribution >= 0.6 is 11.6 Å². The standard InChI is InChI=1S/C21H19ClN4O3S/c1-2-3-11-26-19(23)17(30(28,29)15-9-7-14(22)8-10-15)13-16-20(26)24-18-6-4-5-12-25(18)21(16)27/h4-10,12-13,23H,2-3,11H2,1H3. The van der Waals surface area contributed by atoms with Gasteiger partial charge in [0.2, 0.25) is 9.84 Å². The van der Waals surface area contributed by atoms with E-state index in [0.717, 1.165) is 6.42 Å². The number of aryl methyl sites for hydroxylation is 1. The van der Waals surface area contributed by atoms with Crippen molar-refractivity contribution in [1.29, 1.82) is 5.41 Å². The second-order valence-corrected chi connectivity index (χ2v) is 9.26. The van der Waals surface area contributed by atoms with Crippen LogP contribution in [0.3, 0.4) is 0 Å². The molecule has 0 amide bonds. The largest absolute Gasteiger partial charge is 0.310 e. The fourth-order valence-corrected chi connectivity index (χ4v) is 4.85. The summed E-state index contributed by atoms with van der Waals surface area (Å²) in [5.41, 5.74) is 0.166. The van der Waals surface area contributed by atoms with E-state index in [4.69, 9.17) is 17.0 Å². The number of halogens is 1. The second-order valence-electron chi connectivity index (χ2n) is 6.90. The molecule has 0 saturated heterocycles. The SMILES string of the molecule is CCCCn1c(=N)c(S(=O)(=O)c2ccc(Cl)cc2)cc2c(=O)n3ccccc3nc21. The summed E-state index contributed by atoms with van der Waals surface area (Å²) in [7, 11) is -4.04. The van der Waals surface area contributed by atoms with Crippen molar-refractivity contribution < 1.29 is 8.42 Å². The molecule has 0 spiro atoms. The lowest BCUT2D eigenvalue weighted by atomic mass is 10.2. The summed E-state index contributed by atoms with van der Waals surface area (Å²) in [5.74, 6) is 0. The van der Waals surface area contributed by atoms with Crippen LogP contribution in [0, 0.1) is 5.41 Å². The van der Waals surface area contributed by atoms with E-state index in [2.05, 4.69) is 4.98 Å². The first kappa shape index (κ1) is 20.3. The predicted molar refractivity (Wildman–Crippen MR) is 115 cm³/mol. The van der Waals surface area contributed by atoms with E-state index >= 15 is 0 Å². The van der Waals surface area contributed by atoms with Crippen LogP contribution in [0.25, 0.3) is 16.7 Å². The van der Waals surface area contributed by atoms with E-state index < -0.39 is 9.84 Å². The van der Waals surface area contributed by atoms with E-state index in [-0.39, 0.29) is 26.2 Å². The summed E-state index contributed by atoms with van der Waals surface area (Å²) in [5, 5.41) is 9.20. The van der Waals surface area contributed by atoms with Crippen LogP contribution in [0.5, 0.6) is 0 Å². The molecule has 3 aromatic heterocycles. The quantitative estimate of drug-likeness (QED) is 0.479. The first-order valence-electron chi connectivity index (χ1n) is 9.45. The molecular formula is C21H19ClN4O3S. The summed E-state index contributed by atoms with van der Waals surface area (Å²) >= 11 is 5.89. The van der Waals surface area contributed by atoms with Gasteiger partial charge in [-0.1, -0.05) is 31.0 Å². The molecule has 0 aliphatic rings. The van der Waals surface area contributed by atoms with Gasteiger partial charge in [0.1, 0.15) is 21.7 Å². The van der Waals surface area contributed by atoms with Gasteiger partial charge in [-0.25, -0.2) is 13.4 Å². The van der Waals surface area contributed by atoms with Gasteiger partial charge in [-0.3, -0.25) is 14.6 Å². The number of benzene rings is 1. The molecule has 0 bridgehead atoms. The van der Waals surface area contributed by atoms with Gasteiger partial charge in [-0.15, -0.1) is 0 Å². The lowest BCUT2D eigenvalue weighted by molar-refractivity contribution is 0.580. The maximum atomic E-state index is 13.3. The first-order chi connectivity index (χ1) is 14.3. The van der Waals surface area contributed by atoms with Crippen molar-refractivity contribution in [3.05, 3.63) is 75.6 Å². The number of rotatable bonds is 5. The summed E-state index contributed by atoms with van der Waals surface area (Å²) in [6.45, 7) is 2.38. The molecule has 9 heteroatoms. The molecule has 0 fully saturated rings. The summed E-state index contributed by atoms with van der Waals surface area (Å²) in [6.07, 6.45) is 3.14. The number of nitrogens with one attached hydrogen (secondary N) is 1. The fraction of sp³-hybridized carbons (Fsp3) is 0.190. The molecule has 4 rings (SSSR count). The Labute approximate surface area is 177 Å². The van der Waals surface area contributed by atoms with Gasteiger partial charge >= 0.3 is 0 Å². The van der Waals surface area contributed by atoms with Crippen LogP contribution < -0.4 is 11.0 Å². The normalized spacial score (nSPS) is 11.9. The Bertz CT molecular complexity index is 1490. The minimum atomic E-state index is -4.04. The third kappa shape index (κ3) is 3.32. The molecule has 154 valence electrons. The van der Waals surface area contributed by atoms with Crippen molar-refractivity contribution in [2.75, 3.05) is 0 Å². The highest BCUT2D eigenvalue weighted by molar-refractivity contribution is 7.91. The Morgan fingerprint density at radius 2 is 1.87 bits per heavy atom. The van der Waals surface area contributed by atoms with Gasteiger partial charge in [0.15, 0.2) is 0 Å². The van der Waals surface area contributed by atoms with Crippen LogP contribution in [0.15, 0.2) is 69.3 Å². The monoisotopic (exact) mass is 442 g/mol. The smallest absolute Gasteiger partial charge is 0.267 e. The van der Waals surface area contributed by atoms with Crippen LogP contribution in [0.4, 0.5) is 0 Å². The molecule has 4 aromatic rings. The van der Waals surface area contributed by atoms with Gasteiger partial charge in [0, 0.05) is 17.8 Å². The zero-order valence-corrected chi connectivity index (χ0v) is 17.7. The lowest BCUT2D eigenvalue weighted by Crippen LogP contribution is -2.30. The van der Waals surface area contributed by atoms with E-state index in [0.29, 0.717) is 29.3 Å². The second kappa shape index (κ2) is 7.70. The van der Waals surface area contributed by atoms with Gasteiger partial charge in [-0.05, 0) is 48.9 Å². The first-order valence-corrected chi connectivity index (χ1v) is 11.3. The van der Waals surface area contributed by atoms with Gasteiger partial charge in [-0.2, -0.15) is 0 Å². The highest BCUT2D eigenvalue weighted by atomic mass is 35.5.